The van der Waals surface area contributed by atoms with E-state index in [4.69, 9.17) is 11.0 Å². The summed E-state index contributed by atoms with van der Waals surface area (Å²) in [6, 6.07) is 1.27. The number of nitriles is 1. The van der Waals surface area contributed by atoms with Gasteiger partial charge in [0.25, 0.3) is 0 Å². The molecular weight excluding hydrogens is 130 g/mol. The number of nitrogens with one attached hydrogen (secondary N) is 1. The normalized spacial score (nSPS) is 7.90. The molecule has 4 nitrogen and oxygen atoms in total. The molecular formula is C6H9N3O. The maximum atomic E-state index is 10.1. The van der Waals surface area contributed by atoms with E-state index >= 15 is 0 Å². The van der Waals surface area contributed by atoms with Crippen LogP contribution < -0.4 is 11.1 Å². The van der Waals surface area contributed by atoms with Crippen molar-refractivity contribution in [3.8, 4) is 6.07 Å². The van der Waals surface area contributed by atoms with Crippen molar-refractivity contribution in [3.63, 3.8) is 0 Å². The third-order valence-electron chi connectivity index (χ3n) is 0.884. The van der Waals surface area contributed by atoms with Crippen molar-refractivity contribution < 1.29 is 4.79 Å². The van der Waals surface area contributed by atoms with Crippen LogP contribution in [0, 0.1) is 11.3 Å². The number of primary amides is 1. The Bertz CT molecular complexity index is 180. The van der Waals surface area contributed by atoms with Crippen molar-refractivity contribution in [1.82, 2.24) is 5.32 Å². The molecule has 0 spiro atoms. The summed E-state index contributed by atoms with van der Waals surface area (Å²) in [5.41, 5.74) is 5.20. The molecule has 0 atom stereocenters. The van der Waals surface area contributed by atoms with E-state index in [9.17, 15) is 4.79 Å². The lowest BCUT2D eigenvalue weighted by molar-refractivity contribution is 0.249. The number of urea groups is 1. The van der Waals surface area contributed by atoms with Crippen molar-refractivity contribution in [2.75, 3.05) is 6.54 Å². The molecule has 0 rings (SSSR count). The molecule has 0 aromatic carbocycles. The monoisotopic (exact) mass is 139 g/mol. The van der Waals surface area contributed by atoms with Crippen LogP contribution >= 0.6 is 0 Å². The fraction of sp³-hybridized carbons (Fsp3) is 0.333. The Morgan fingerprint density at radius 2 is 2.40 bits per heavy atom. The molecule has 0 aromatic rings. The Labute approximate surface area is 59.3 Å². The summed E-state index contributed by atoms with van der Waals surface area (Å²) < 4.78 is 0. The average Bonchev–Trinajstić information content (AvgIpc) is 1.87. The number of rotatable bonds is 3. The molecule has 0 fully saturated rings. The highest BCUT2D eigenvalue weighted by Gasteiger charge is 1.92. The van der Waals surface area contributed by atoms with Crippen molar-refractivity contribution >= 4 is 6.03 Å². The highest BCUT2D eigenvalue weighted by atomic mass is 16.2. The minimum atomic E-state index is -0.578. The van der Waals surface area contributed by atoms with Gasteiger partial charge in [-0.15, -0.1) is 0 Å². The van der Waals surface area contributed by atoms with E-state index in [1.165, 1.54) is 0 Å². The van der Waals surface area contributed by atoms with Gasteiger partial charge in [0.05, 0.1) is 6.07 Å². The second-order valence-corrected chi connectivity index (χ2v) is 1.76. The summed E-state index contributed by atoms with van der Waals surface area (Å²) in [6.45, 7) is 3.79. The van der Waals surface area contributed by atoms with E-state index in [-0.39, 0.29) is 0 Å². The molecule has 2 amide bonds. The van der Waals surface area contributed by atoms with E-state index in [2.05, 4.69) is 11.9 Å². The van der Waals surface area contributed by atoms with Crippen molar-refractivity contribution in [3.05, 3.63) is 12.2 Å². The highest BCUT2D eigenvalue weighted by Crippen LogP contribution is 1.91. The first-order chi connectivity index (χ1) is 4.66. The molecule has 0 aliphatic rings. The average molecular weight is 139 g/mol. The maximum Gasteiger partial charge on any atom is 0.312 e. The van der Waals surface area contributed by atoms with E-state index in [0.717, 1.165) is 0 Å². The van der Waals surface area contributed by atoms with E-state index in [0.29, 0.717) is 18.5 Å². The van der Waals surface area contributed by atoms with Gasteiger partial charge in [0.2, 0.25) is 0 Å². The van der Waals surface area contributed by atoms with Crippen LogP contribution in [0.25, 0.3) is 0 Å². The number of carbonyl (C=O) groups excluding carboxylic acids is 1. The molecule has 10 heavy (non-hydrogen) atoms. The summed E-state index contributed by atoms with van der Waals surface area (Å²) in [7, 11) is 0. The molecule has 4 heteroatoms. The van der Waals surface area contributed by atoms with Crippen LogP contribution in [0.15, 0.2) is 12.2 Å². The van der Waals surface area contributed by atoms with Gasteiger partial charge in [-0.1, -0.05) is 6.58 Å². The number of nitrogens with zero attached hydrogens (tertiary/aromatic N) is 1. The highest BCUT2D eigenvalue weighted by molar-refractivity contribution is 5.71. The molecule has 0 bridgehead atoms. The molecule has 54 valence electrons. The van der Waals surface area contributed by atoms with E-state index in [1.54, 1.807) is 0 Å². The molecule has 0 heterocycles. The standard InChI is InChI=1S/C6H9N3O/c1-5(4-7)2-3-9-6(8)10/h1-3H2,(H3,8,9,10). The van der Waals surface area contributed by atoms with E-state index in [1.807, 2.05) is 6.07 Å². The Hall–Kier alpha value is -1.50. The first-order valence-electron chi connectivity index (χ1n) is 2.78. The molecule has 0 radical (unpaired) electrons. The number of nitrogens with two attached hydrogens (primary N) is 1. The van der Waals surface area contributed by atoms with Gasteiger partial charge >= 0.3 is 6.03 Å². The summed E-state index contributed by atoms with van der Waals surface area (Å²) in [6.07, 6.45) is 0.458. The van der Waals surface area contributed by atoms with Crippen molar-refractivity contribution in [2.45, 2.75) is 6.42 Å². The molecule has 0 saturated carbocycles. The lowest BCUT2D eigenvalue weighted by atomic mass is 10.2. The minimum Gasteiger partial charge on any atom is -0.352 e. The Balaban J connectivity index is 3.31. The van der Waals surface area contributed by atoms with Crippen LogP contribution in [0.1, 0.15) is 6.42 Å². The van der Waals surface area contributed by atoms with Gasteiger partial charge in [-0.2, -0.15) is 5.26 Å². The van der Waals surface area contributed by atoms with Crippen LogP contribution in [0.4, 0.5) is 4.79 Å². The fourth-order valence-corrected chi connectivity index (χ4v) is 0.392. The number of hydrogen-bond donors (Lipinski definition) is 2. The summed E-state index contributed by atoms with van der Waals surface area (Å²) in [4.78, 5) is 10.1. The fourth-order valence-electron chi connectivity index (χ4n) is 0.392. The van der Waals surface area contributed by atoms with Crippen LogP contribution in [-0.2, 0) is 0 Å². The largest absolute Gasteiger partial charge is 0.352 e. The Morgan fingerprint density at radius 3 is 2.80 bits per heavy atom. The Kier molecular flexibility index (Phi) is 3.73. The van der Waals surface area contributed by atoms with Gasteiger partial charge in [0.15, 0.2) is 0 Å². The van der Waals surface area contributed by atoms with Gasteiger partial charge in [-0.05, 0) is 6.42 Å². The number of amides is 2. The van der Waals surface area contributed by atoms with Gasteiger partial charge in [0, 0.05) is 12.1 Å². The third-order valence-corrected chi connectivity index (χ3v) is 0.884. The molecule has 0 unspecified atom stereocenters. The molecule has 0 aromatic heterocycles. The second kappa shape index (κ2) is 4.39. The minimum absolute atomic E-state index is 0.377. The first kappa shape index (κ1) is 8.50. The topological polar surface area (TPSA) is 78.9 Å². The first-order valence-corrected chi connectivity index (χ1v) is 2.78. The van der Waals surface area contributed by atoms with Crippen molar-refractivity contribution in [2.24, 2.45) is 5.73 Å². The smallest absolute Gasteiger partial charge is 0.312 e. The summed E-state index contributed by atoms with van der Waals surface area (Å²) >= 11 is 0. The Morgan fingerprint density at radius 1 is 1.80 bits per heavy atom. The van der Waals surface area contributed by atoms with Crippen LogP contribution in [-0.4, -0.2) is 12.6 Å². The lowest BCUT2D eigenvalue weighted by Gasteiger charge is -1.97. The second-order valence-electron chi connectivity index (χ2n) is 1.76. The number of carbonyl (C=O) groups is 1. The predicted molar refractivity (Wildman–Crippen MR) is 37.0 cm³/mol. The quantitative estimate of drug-likeness (QED) is 0.545. The lowest BCUT2D eigenvalue weighted by Crippen LogP contribution is -2.30. The number of hydrogen-bond acceptors (Lipinski definition) is 2. The zero-order chi connectivity index (χ0) is 7.98. The molecule has 0 aliphatic carbocycles. The summed E-state index contributed by atoms with van der Waals surface area (Å²) in [5, 5.41) is 10.5. The van der Waals surface area contributed by atoms with Crippen molar-refractivity contribution in [1.29, 1.82) is 5.26 Å². The van der Waals surface area contributed by atoms with Gasteiger partial charge < -0.3 is 11.1 Å². The zero-order valence-corrected chi connectivity index (χ0v) is 5.55. The van der Waals surface area contributed by atoms with Crippen LogP contribution in [0.2, 0.25) is 0 Å². The molecule has 3 N–H and O–H groups in total. The van der Waals surface area contributed by atoms with Gasteiger partial charge in [-0.25, -0.2) is 4.79 Å². The van der Waals surface area contributed by atoms with Crippen LogP contribution in [0.3, 0.4) is 0 Å². The third kappa shape index (κ3) is 4.65. The SMILES string of the molecule is C=C(C#N)CCNC(N)=O. The maximum absolute atomic E-state index is 10.1. The van der Waals surface area contributed by atoms with Crippen LogP contribution in [0.5, 0.6) is 0 Å². The zero-order valence-electron chi connectivity index (χ0n) is 5.55. The predicted octanol–water partition coefficient (Wildman–Crippen LogP) is 0.125. The van der Waals surface area contributed by atoms with E-state index < -0.39 is 6.03 Å². The summed E-state index contributed by atoms with van der Waals surface area (Å²) in [5.74, 6) is 0. The molecule has 0 aliphatic heterocycles. The molecule has 0 saturated heterocycles. The van der Waals surface area contributed by atoms with Gasteiger partial charge in [-0.3, -0.25) is 0 Å². The van der Waals surface area contributed by atoms with Gasteiger partial charge in [0.1, 0.15) is 0 Å².